The summed E-state index contributed by atoms with van der Waals surface area (Å²) in [7, 11) is 2.95. The number of hydrogen-bond donors (Lipinski definition) is 0. The Labute approximate surface area is 480 Å². The second kappa shape index (κ2) is 27.3. The van der Waals surface area contributed by atoms with Crippen molar-refractivity contribution in [2.24, 2.45) is 0 Å². The third-order valence-electron chi connectivity index (χ3n) is 15.5. The predicted molar refractivity (Wildman–Crippen MR) is 337 cm³/mol. The fourth-order valence-corrected chi connectivity index (χ4v) is 15.6. The van der Waals surface area contributed by atoms with E-state index in [0.717, 1.165) is 100 Å². The molecular formula is C66H72B3BeN2O7P. The van der Waals surface area contributed by atoms with Crippen molar-refractivity contribution in [3.63, 3.8) is 0 Å². The van der Waals surface area contributed by atoms with Gasteiger partial charge >= 0.3 is 31.5 Å². The van der Waals surface area contributed by atoms with Crippen LogP contribution in [-0.2, 0) is 13.7 Å². The molecule has 0 radical (unpaired) electrons. The topological polar surface area (TPSA) is 98.2 Å². The Morgan fingerprint density at radius 2 is 0.963 bits per heavy atom. The number of rotatable bonds is 8. The summed E-state index contributed by atoms with van der Waals surface area (Å²) in [5.74, 6) is 1.83. The molecule has 1 saturated heterocycles. The van der Waals surface area contributed by atoms with Crippen LogP contribution >= 0.6 is 7.92 Å². The van der Waals surface area contributed by atoms with Crippen molar-refractivity contribution in [2.45, 2.75) is 117 Å². The Morgan fingerprint density at radius 3 is 1.46 bits per heavy atom. The van der Waals surface area contributed by atoms with Crippen LogP contribution in [0.25, 0.3) is 77.5 Å². The smallest absolute Gasteiger partial charge is 1.00 e. The molecule has 5 heterocycles. The number of benzene rings is 6. The number of nitrogens with zero attached hydrogens (tertiary/aromatic N) is 2. The first-order chi connectivity index (χ1) is 38.6. The molecule has 3 fully saturated rings. The summed E-state index contributed by atoms with van der Waals surface area (Å²) in [5.41, 5.74) is 15.3. The summed E-state index contributed by atoms with van der Waals surface area (Å²) in [6, 6.07) is 51.2. The van der Waals surface area contributed by atoms with E-state index in [4.69, 9.17) is 32.0 Å². The minimum Gasteiger partial charge on any atom is -1.00 e. The van der Waals surface area contributed by atoms with Gasteiger partial charge in [0.25, 0.3) is 0 Å². The summed E-state index contributed by atoms with van der Waals surface area (Å²) in [5, 5.41) is 6.15. The van der Waals surface area contributed by atoms with Crippen molar-refractivity contribution < 1.29 is 33.5 Å². The molecular weight excluding hydrogens is 1010 g/mol. The van der Waals surface area contributed by atoms with Gasteiger partial charge in [-0.25, -0.2) is 11.6 Å². The van der Waals surface area contributed by atoms with Crippen molar-refractivity contribution >= 4 is 88.6 Å². The monoisotopic (exact) mass is 1080 g/mol. The Hall–Kier alpha value is -6.51. The maximum absolute atomic E-state index is 6.07. The fraction of sp³-hybridized carbons (Fsp3) is 0.303. The number of ether oxygens (including phenoxy) is 2. The maximum Gasteiger partial charge on any atom is 2.00 e. The molecule has 0 N–H and O–H groups in total. The molecule has 10 aromatic rings. The summed E-state index contributed by atoms with van der Waals surface area (Å²) >= 11 is 0. The second-order valence-corrected chi connectivity index (χ2v) is 23.7. The van der Waals surface area contributed by atoms with E-state index in [1.165, 1.54) is 80.9 Å². The van der Waals surface area contributed by atoms with Gasteiger partial charge in [-0.1, -0.05) is 157 Å². The Bertz CT molecular complexity index is 3600. The van der Waals surface area contributed by atoms with Crippen molar-refractivity contribution in [1.82, 2.24) is 9.97 Å². The minimum absolute atomic E-state index is 0. The van der Waals surface area contributed by atoms with Crippen LogP contribution in [0, 0.1) is 26.8 Å². The van der Waals surface area contributed by atoms with Gasteiger partial charge in [0.1, 0.15) is 33.8 Å². The summed E-state index contributed by atoms with van der Waals surface area (Å²) in [6.07, 6.45) is 17.8. The SMILES string of the molecule is CB1OB(C)OB(C)O1.COc1cccc(OC)c1-c1ccccc1P(C1CCCCC1)C1CCCCC1.Cc1[c-]cnc(-c2cccc3c2oc2ccccc23)c1.Cc1cnc(-c2cccc3c2oc2ccccc23)cc1C.[Be+2].[H-]. The molecule has 4 aromatic heterocycles. The molecule has 0 amide bonds. The van der Waals surface area contributed by atoms with Crippen molar-refractivity contribution in [3.8, 4) is 45.1 Å². The van der Waals surface area contributed by atoms with Crippen LogP contribution in [0.4, 0.5) is 0 Å². The molecule has 14 heteroatoms. The van der Waals surface area contributed by atoms with Gasteiger partial charge in [-0.3, -0.25) is 9.97 Å². The van der Waals surface area contributed by atoms with Crippen LogP contribution in [0.3, 0.4) is 0 Å². The first-order valence-corrected chi connectivity index (χ1v) is 29.7. The van der Waals surface area contributed by atoms with E-state index in [9.17, 15) is 0 Å². The minimum atomic E-state index is -0.182. The second-order valence-electron chi connectivity index (χ2n) is 21.0. The molecule has 3 aliphatic rings. The first kappa shape index (κ1) is 58.2. The van der Waals surface area contributed by atoms with Gasteiger partial charge in [0.15, 0.2) is 0 Å². The number of hydrogen-bond acceptors (Lipinski definition) is 9. The molecule has 0 atom stereocenters. The van der Waals surface area contributed by atoms with E-state index in [1.807, 2.05) is 94.3 Å². The van der Waals surface area contributed by atoms with Gasteiger partial charge in [-0.05, 0) is 135 Å². The van der Waals surface area contributed by atoms with Crippen LogP contribution in [-0.4, -0.2) is 67.0 Å². The molecule has 0 bridgehead atoms. The number of para-hydroxylation sites is 4. The zero-order valence-corrected chi connectivity index (χ0v) is 48.7. The van der Waals surface area contributed by atoms with Crippen molar-refractivity contribution in [2.75, 3.05) is 14.2 Å². The molecule has 2 aliphatic carbocycles. The van der Waals surface area contributed by atoms with E-state index >= 15 is 0 Å². The van der Waals surface area contributed by atoms with Crippen LogP contribution in [0.15, 0.2) is 161 Å². The number of methoxy groups -OCH3 is 2. The van der Waals surface area contributed by atoms with E-state index < -0.39 is 0 Å². The Morgan fingerprint density at radius 1 is 0.512 bits per heavy atom. The van der Waals surface area contributed by atoms with Crippen molar-refractivity contribution in [1.29, 1.82) is 0 Å². The van der Waals surface area contributed by atoms with Gasteiger partial charge in [0.05, 0.1) is 25.5 Å². The summed E-state index contributed by atoms with van der Waals surface area (Å²) in [6.45, 7) is 11.8. The maximum atomic E-state index is 6.07. The third kappa shape index (κ3) is 13.3. The van der Waals surface area contributed by atoms with Gasteiger partial charge in [0, 0.05) is 38.9 Å². The standard InChI is InChI=1S/C26H35O2P.C19H15NO.C18H12NO.C3H9B3O3.Be.H/c1-27-23-17-11-18-24(28-2)26(23)22-16-9-10-19-25(22)29(20-12-5-3-6-13-20)21-14-7-4-8-15-21;1-12-10-17(20-11-13(12)2)16-8-5-7-15-14-6-3-4-9-18(14)21-19(15)16;1-12-9-10-19-16(11-12)15-7-4-6-14-13-5-2-3-8-17(13)20-18(14)15;1-4-7-5(2)9-6(3)8-4;;/h9-11,16-21H,3-8,12-15H2,1-2H3;3-11H,1-2H3;2-8,10-11H,1H3;1-3H3;;/q;;-1;;+2;-1. The number of aryl methyl sites for hydroxylation is 3. The van der Waals surface area contributed by atoms with Crippen LogP contribution in [0.5, 0.6) is 11.5 Å². The molecule has 404 valence electrons. The molecule has 0 spiro atoms. The van der Waals surface area contributed by atoms with Gasteiger partial charge in [-0.2, -0.15) is 6.07 Å². The number of furan rings is 2. The number of fused-ring (bicyclic) bond motifs is 6. The van der Waals surface area contributed by atoms with Crippen LogP contribution in [0.2, 0.25) is 20.5 Å². The molecule has 13 rings (SSSR count). The van der Waals surface area contributed by atoms with Crippen molar-refractivity contribution in [3.05, 3.63) is 175 Å². The Kier molecular flexibility index (Phi) is 19.8. The normalized spacial score (nSPS) is 14.9. The quantitative estimate of drug-likeness (QED) is 0.0837. The third-order valence-corrected chi connectivity index (χ3v) is 19.1. The van der Waals surface area contributed by atoms with Gasteiger partial charge in [0.2, 0.25) is 0 Å². The fourth-order valence-electron chi connectivity index (χ4n) is 11.6. The van der Waals surface area contributed by atoms with E-state index in [-0.39, 0.29) is 40.8 Å². The first-order valence-electron chi connectivity index (χ1n) is 28.2. The van der Waals surface area contributed by atoms with E-state index in [1.54, 1.807) is 25.7 Å². The number of aromatic nitrogens is 2. The average Bonchev–Trinajstić information content (AvgIpc) is 4.08. The average molecular weight is 1080 g/mol. The summed E-state index contributed by atoms with van der Waals surface area (Å²) in [4.78, 5) is 8.98. The van der Waals surface area contributed by atoms with Crippen LogP contribution < -0.4 is 14.8 Å². The Balaban J connectivity index is 0.000000148. The van der Waals surface area contributed by atoms with Gasteiger partial charge in [-0.15, -0.1) is 0 Å². The van der Waals surface area contributed by atoms with E-state index in [2.05, 4.69) is 109 Å². The predicted octanol–water partition coefficient (Wildman–Crippen LogP) is 17.3. The zero-order chi connectivity index (χ0) is 54.8. The molecule has 2 saturated carbocycles. The summed E-state index contributed by atoms with van der Waals surface area (Å²) < 4.78 is 39.0. The van der Waals surface area contributed by atoms with E-state index in [0.29, 0.717) is 0 Å². The zero-order valence-electron chi connectivity index (χ0n) is 48.8. The largest absolute Gasteiger partial charge is 2.00 e. The molecule has 9 nitrogen and oxygen atoms in total. The number of pyridine rings is 2. The molecule has 1 aliphatic heterocycles. The molecule has 0 unspecified atom stereocenters. The van der Waals surface area contributed by atoms with Gasteiger partial charge < -0.3 is 33.5 Å². The van der Waals surface area contributed by atoms with Crippen LogP contribution in [0.1, 0.15) is 82.3 Å². The molecule has 6 aromatic carbocycles. The molecule has 80 heavy (non-hydrogen) atoms.